The van der Waals surface area contributed by atoms with Gasteiger partial charge in [-0.15, -0.1) is 0 Å². The number of rotatable bonds is 11. The number of unbranched alkanes of at least 4 members (excludes halogenated alkanes) is 1. The van der Waals surface area contributed by atoms with Crippen LogP contribution in [0.4, 0.5) is 16.2 Å². The third kappa shape index (κ3) is 7.78. The molecule has 0 aliphatic carbocycles. The van der Waals surface area contributed by atoms with Crippen LogP contribution in [-0.2, 0) is 11.2 Å². The van der Waals surface area contributed by atoms with Crippen molar-refractivity contribution in [3.8, 4) is 28.6 Å². The molecule has 1 fully saturated rings. The normalized spacial score (nSPS) is 12.7. The number of methoxy groups -OCH3 is 1. The van der Waals surface area contributed by atoms with Crippen LogP contribution in [0.1, 0.15) is 37.1 Å². The fraction of sp³-hybridized carbons (Fsp3) is 0.281. The van der Waals surface area contributed by atoms with Crippen LogP contribution in [0.3, 0.4) is 0 Å². The van der Waals surface area contributed by atoms with Crippen LogP contribution in [-0.4, -0.2) is 52.0 Å². The summed E-state index contributed by atoms with van der Waals surface area (Å²) in [5.41, 5.74) is 3.30. The Balaban J connectivity index is 1.22. The lowest BCUT2D eigenvalue weighted by Crippen LogP contribution is -2.25. The zero-order chi connectivity index (χ0) is 30.2. The van der Waals surface area contributed by atoms with Crippen molar-refractivity contribution in [2.75, 3.05) is 30.8 Å². The molecule has 3 amide bonds. The predicted octanol–water partition coefficient (Wildman–Crippen LogP) is 6.89. The molecule has 5 rings (SSSR count). The number of likely N-dealkylation sites (tertiary alicyclic amines) is 1. The summed E-state index contributed by atoms with van der Waals surface area (Å²) in [6.07, 6.45) is 7.57. The highest BCUT2D eigenvalue weighted by Gasteiger charge is 2.19. The molecule has 3 heterocycles. The molecule has 11 heteroatoms. The molecule has 0 spiro atoms. The van der Waals surface area contributed by atoms with Crippen molar-refractivity contribution < 1.29 is 19.1 Å². The summed E-state index contributed by atoms with van der Waals surface area (Å²) in [5.74, 6) is 2.49. The van der Waals surface area contributed by atoms with Gasteiger partial charge in [-0.2, -0.15) is 0 Å². The lowest BCUT2D eigenvalue weighted by atomic mass is 10.1. The quantitative estimate of drug-likeness (QED) is 0.180. The second-order valence-electron chi connectivity index (χ2n) is 10.2. The summed E-state index contributed by atoms with van der Waals surface area (Å²) < 4.78 is 11.5. The number of halogens is 1. The summed E-state index contributed by atoms with van der Waals surface area (Å²) in [4.78, 5) is 40.1. The van der Waals surface area contributed by atoms with Crippen LogP contribution in [0, 0.1) is 6.92 Å². The van der Waals surface area contributed by atoms with Crippen LogP contribution in [0.25, 0.3) is 11.3 Å². The Hall–Kier alpha value is -4.70. The molecule has 2 aromatic heterocycles. The Morgan fingerprint density at radius 2 is 1.88 bits per heavy atom. The van der Waals surface area contributed by atoms with E-state index in [2.05, 4.69) is 20.6 Å². The standard InChI is InChI=1S/C32H33ClN6O4/c1-21-19-23(36-32(41)38-26-20-22(33)10-12-28(26)42-2)11-13-27(21)43-31-24(7-5-15-35-31)25-14-16-34-29(37-25)8-3-4-17-39-18-6-9-30(39)40/h5,7,10-16,19-20H,3-4,6,8-9,17-18H2,1-2H3,(H2,36,38,41). The molecule has 0 atom stereocenters. The number of hydrogen-bond donors (Lipinski definition) is 2. The van der Waals surface area contributed by atoms with Crippen molar-refractivity contribution in [1.82, 2.24) is 19.9 Å². The molecule has 1 aliphatic rings. The van der Waals surface area contributed by atoms with Crippen molar-refractivity contribution in [2.45, 2.75) is 39.0 Å². The van der Waals surface area contributed by atoms with E-state index in [1.165, 1.54) is 7.11 Å². The Morgan fingerprint density at radius 3 is 2.67 bits per heavy atom. The largest absolute Gasteiger partial charge is 0.495 e. The van der Waals surface area contributed by atoms with Gasteiger partial charge in [-0.3, -0.25) is 4.79 Å². The molecule has 0 saturated carbocycles. The second-order valence-corrected chi connectivity index (χ2v) is 10.6. The molecular weight excluding hydrogens is 568 g/mol. The van der Waals surface area contributed by atoms with E-state index in [1.54, 1.807) is 42.7 Å². The lowest BCUT2D eigenvalue weighted by Gasteiger charge is -2.15. The molecular formula is C32H33ClN6O4. The Kier molecular flexibility index (Phi) is 9.68. The van der Waals surface area contributed by atoms with E-state index in [1.807, 2.05) is 36.1 Å². The molecule has 43 heavy (non-hydrogen) atoms. The molecule has 2 aromatic carbocycles. The Bertz CT molecular complexity index is 1610. The third-order valence-corrected chi connectivity index (χ3v) is 7.29. The number of amides is 3. The summed E-state index contributed by atoms with van der Waals surface area (Å²) in [6.45, 7) is 3.54. The molecule has 4 aromatic rings. The maximum absolute atomic E-state index is 12.6. The first-order chi connectivity index (χ1) is 20.9. The average Bonchev–Trinajstić information content (AvgIpc) is 3.41. The number of hydrogen-bond acceptors (Lipinski definition) is 7. The Labute approximate surface area is 255 Å². The number of anilines is 2. The van der Waals surface area contributed by atoms with Gasteiger partial charge >= 0.3 is 6.03 Å². The minimum Gasteiger partial charge on any atom is -0.495 e. The summed E-state index contributed by atoms with van der Waals surface area (Å²) >= 11 is 6.07. The number of carbonyl (C=O) groups excluding carboxylic acids is 2. The van der Waals surface area contributed by atoms with Gasteiger partial charge in [-0.25, -0.2) is 19.7 Å². The number of aromatic nitrogens is 3. The number of nitrogens with one attached hydrogen (secondary N) is 2. The highest BCUT2D eigenvalue weighted by Crippen LogP contribution is 2.33. The van der Waals surface area contributed by atoms with Gasteiger partial charge in [0.25, 0.3) is 0 Å². The summed E-state index contributed by atoms with van der Waals surface area (Å²) in [7, 11) is 1.52. The number of carbonyl (C=O) groups is 2. The van der Waals surface area contributed by atoms with Gasteiger partial charge < -0.3 is 25.0 Å². The van der Waals surface area contributed by atoms with Crippen molar-refractivity contribution >= 4 is 34.9 Å². The van der Waals surface area contributed by atoms with Crippen molar-refractivity contribution in [1.29, 1.82) is 0 Å². The number of aryl methyl sites for hydroxylation is 2. The van der Waals surface area contributed by atoms with E-state index in [0.29, 0.717) is 45.9 Å². The van der Waals surface area contributed by atoms with Crippen LogP contribution >= 0.6 is 11.6 Å². The molecule has 0 unspecified atom stereocenters. The van der Waals surface area contributed by atoms with E-state index in [9.17, 15) is 9.59 Å². The minimum atomic E-state index is -0.440. The van der Waals surface area contributed by atoms with E-state index in [4.69, 9.17) is 26.1 Å². The first kappa shape index (κ1) is 29.8. The Morgan fingerprint density at radius 1 is 1.02 bits per heavy atom. The average molecular weight is 601 g/mol. The van der Waals surface area contributed by atoms with Crippen LogP contribution in [0.15, 0.2) is 67.0 Å². The van der Waals surface area contributed by atoms with E-state index >= 15 is 0 Å². The van der Waals surface area contributed by atoms with E-state index in [0.717, 1.165) is 55.7 Å². The maximum atomic E-state index is 12.6. The monoisotopic (exact) mass is 600 g/mol. The number of ether oxygens (including phenoxy) is 2. The topological polar surface area (TPSA) is 119 Å². The fourth-order valence-electron chi connectivity index (χ4n) is 4.87. The van der Waals surface area contributed by atoms with Gasteiger partial charge in [-0.1, -0.05) is 11.6 Å². The summed E-state index contributed by atoms with van der Waals surface area (Å²) in [6, 6.07) is 15.5. The SMILES string of the molecule is COc1ccc(Cl)cc1NC(=O)Nc1ccc(Oc2ncccc2-c2ccnc(CCCCN3CCCC3=O)n2)c(C)c1. The van der Waals surface area contributed by atoms with Gasteiger partial charge in [0.05, 0.1) is 24.1 Å². The number of benzene rings is 2. The predicted molar refractivity (Wildman–Crippen MR) is 166 cm³/mol. The highest BCUT2D eigenvalue weighted by atomic mass is 35.5. The van der Waals surface area contributed by atoms with Crippen molar-refractivity contribution in [3.63, 3.8) is 0 Å². The van der Waals surface area contributed by atoms with Gasteiger partial charge in [0.1, 0.15) is 17.3 Å². The lowest BCUT2D eigenvalue weighted by molar-refractivity contribution is -0.127. The van der Waals surface area contributed by atoms with E-state index in [-0.39, 0.29) is 5.91 Å². The van der Waals surface area contributed by atoms with Gasteiger partial charge in [0.2, 0.25) is 11.8 Å². The van der Waals surface area contributed by atoms with Crippen molar-refractivity contribution in [3.05, 3.63) is 83.4 Å². The molecule has 2 N–H and O–H groups in total. The molecule has 1 aliphatic heterocycles. The number of nitrogens with zero attached hydrogens (tertiary/aromatic N) is 4. The van der Waals surface area contributed by atoms with Crippen LogP contribution < -0.4 is 20.1 Å². The zero-order valence-electron chi connectivity index (χ0n) is 24.1. The van der Waals surface area contributed by atoms with E-state index < -0.39 is 6.03 Å². The first-order valence-electron chi connectivity index (χ1n) is 14.1. The first-order valence-corrected chi connectivity index (χ1v) is 14.5. The zero-order valence-corrected chi connectivity index (χ0v) is 24.9. The number of pyridine rings is 1. The molecule has 1 saturated heterocycles. The maximum Gasteiger partial charge on any atom is 0.323 e. The van der Waals surface area contributed by atoms with Gasteiger partial charge in [0.15, 0.2) is 0 Å². The fourth-order valence-corrected chi connectivity index (χ4v) is 5.04. The minimum absolute atomic E-state index is 0.254. The molecule has 0 bridgehead atoms. The molecule has 222 valence electrons. The van der Waals surface area contributed by atoms with Gasteiger partial charge in [-0.05, 0) is 86.3 Å². The highest BCUT2D eigenvalue weighted by molar-refractivity contribution is 6.31. The summed E-state index contributed by atoms with van der Waals surface area (Å²) in [5, 5.41) is 6.05. The van der Waals surface area contributed by atoms with Gasteiger partial charge in [0, 0.05) is 49.0 Å². The van der Waals surface area contributed by atoms with Crippen LogP contribution in [0.2, 0.25) is 5.02 Å². The smallest absolute Gasteiger partial charge is 0.323 e. The number of urea groups is 1. The van der Waals surface area contributed by atoms with Crippen molar-refractivity contribution in [2.24, 2.45) is 0 Å². The second kappa shape index (κ2) is 14.0. The van der Waals surface area contributed by atoms with Crippen LogP contribution in [0.5, 0.6) is 17.4 Å². The third-order valence-electron chi connectivity index (χ3n) is 7.05. The molecule has 0 radical (unpaired) electrons. The molecule has 10 nitrogen and oxygen atoms in total.